The number of hydrogen-bond acceptors (Lipinski definition) is 8. The SMILES string of the molecule is COc1ccc(NC(=O)c2cc([N+](=O)[O-])ccc2NC(=O)CN2CCN(c3ccccc3)CC2)c(OC)c1. The van der Waals surface area contributed by atoms with Gasteiger partial charge in [0, 0.05) is 50.1 Å². The fourth-order valence-corrected chi connectivity index (χ4v) is 4.23. The zero-order chi connectivity index (χ0) is 27.1. The van der Waals surface area contributed by atoms with Crippen molar-refractivity contribution in [1.82, 2.24) is 4.90 Å². The lowest BCUT2D eigenvalue weighted by Crippen LogP contribution is -2.48. The van der Waals surface area contributed by atoms with Crippen molar-refractivity contribution in [2.45, 2.75) is 0 Å². The van der Waals surface area contributed by atoms with Crippen LogP contribution in [0.5, 0.6) is 11.5 Å². The number of nitro benzene ring substituents is 1. The first-order valence-corrected chi connectivity index (χ1v) is 12.0. The van der Waals surface area contributed by atoms with Crippen LogP contribution in [-0.2, 0) is 4.79 Å². The number of nitrogens with zero attached hydrogens (tertiary/aromatic N) is 3. The largest absolute Gasteiger partial charge is 0.497 e. The summed E-state index contributed by atoms with van der Waals surface area (Å²) in [5.74, 6) is -0.0665. The Kier molecular flexibility index (Phi) is 8.39. The Morgan fingerprint density at radius 3 is 2.26 bits per heavy atom. The van der Waals surface area contributed by atoms with Crippen LogP contribution in [0.1, 0.15) is 10.4 Å². The minimum absolute atomic E-state index is 0.0423. The molecule has 1 heterocycles. The number of non-ortho nitro benzene ring substituents is 1. The van der Waals surface area contributed by atoms with Crippen molar-refractivity contribution in [2.24, 2.45) is 0 Å². The van der Waals surface area contributed by atoms with E-state index in [1.54, 1.807) is 18.2 Å². The molecule has 0 unspecified atom stereocenters. The van der Waals surface area contributed by atoms with E-state index in [0.29, 0.717) is 30.3 Å². The molecule has 1 aliphatic heterocycles. The number of benzene rings is 3. The maximum absolute atomic E-state index is 13.2. The normalized spacial score (nSPS) is 13.5. The Hall–Kier alpha value is -4.64. The summed E-state index contributed by atoms with van der Waals surface area (Å²) in [4.78, 5) is 41.1. The molecule has 3 aromatic rings. The van der Waals surface area contributed by atoms with E-state index in [4.69, 9.17) is 9.47 Å². The van der Waals surface area contributed by atoms with Crippen LogP contribution in [0.15, 0.2) is 66.7 Å². The summed E-state index contributed by atoms with van der Waals surface area (Å²) in [5.41, 5.74) is 1.35. The number of rotatable bonds is 9. The summed E-state index contributed by atoms with van der Waals surface area (Å²) >= 11 is 0. The minimum atomic E-state index is -0.635. The van der Waals surface area contributed by atoms with Gasteiger partial charge < -0.3 is 25.0 Å². The first-order valence-electron chi connectivity index (χ1n) is 12.0. The van der Waals surface area contributed by atoms with Gasteiger partial charge in [-0.2, -0.15) is 0 Å². The van der Waals surface area contributed by atoms with E-state index in [9.17, 15) is 19.7 Å². The summed E-state index contributed by atoms with van der Waals surface area (Å²) in [6.07, 6.45) is 0. The molecule has 198 valence electrons. The molecular weight excluding hydrogens is 490 g/mol. The van der Waals surface area contributed by atoms with Crippen LogP contribution in [0.2, 0.25) is 0 Å². The lowest BCUT2D eigenvalue weighted by atomic mass is 10.1. The molecule has 0 bridgehead atoms. The molecule has 0 atom stereocenters. The highest BCUT2D eigenvalue weighted by Crippen LogP contribution is 2.31. The molecule has 0 spiro atoms. The van der Waals surface area contributed by atoms with E-state index in [2.05, 4.69) is 27.7 Å². The predicted octanol–water partition coefficient (Wildman–Crippen LogP) is 3.63. The number of piperazine rings is 1. The lowest BCUT2D eigenvalue weighted by Gasteiger charge is -2.35. The van der Waals surface area contributed by atoms with Gasteiger partial charge in [0.25, 0.3) is 11.6 Å². The Morgan fingerprint density at radius 2 is 1.61 bits per heavy atom. The second-order valence-electron chi connectivity index (χ2n) is 8.65. The van der Waals surface area contributed by atoms with E-state index in [1.165, 1.54) is 26.4 Å². The number of nitro groups is 1. The standard InChI is InChI=1S/C27H29N5O6/c1-37-21-9-11-24(25(17-21)38-2)29-27(34)22-16-20(32(35)36)8-10-23(22)28-26(33)18-30-12-14-31(15-13-30)19-6-4-3-5-7-19/h3-11,16-17H,12-15,18H2,1-2H3,(H,28,33)(H,29,34). The predicted molar refractivity (Wildman–Crippen MR) is 144 cm³/mol. The van der Waals surface area contributed by atoms with Gasteiger partial charge in [-0.15, -0.1) is 0 Å². The van der Waals surface area contributed by atoms with Crippen LogP contribution in [0, 0.1) is 10.1 Å². The molecule has 1 fully saturated rings. The van der Waals surface area contributed by atoms with Gasteiger partial charge in [0.1, 0.15) is 11.5 Å². The third-order valence-electron chi connectivity index (χ3n) is 6.25. The second kappa shape index (κ2) is 12.1. The third kappa shape index (κ3) is 6.37. The number of nitrogens with one attached hydrogen (secondary N) is 2. The molecular formula is C27H29N5O6. The molecule has 38 heavy (non-hydrogen) atoms. The summed E-state index contributed by atoms with van der Waals surface area (Å²) < 4.78 is 10.5. The van der Waals surface area contributed by atoms with E-state index in [1.807, 2.05) is 23.1 Å². The van der Waals surface area contributed by atoms with Crippen LogP contribution in [0.3, 0.4) is 0 Å². The molecule has 4 rings (SSSR count). The maximum atomic E-state index is 13.2. The molecule has 0 saturated carbocycles. The molecule has 3 aromatic carbocycles. The average Bonchev–Trinajstić information content (AvgIpc) is 2.94. The topological polar surface area (TPSA) is 126 Å². The van der Waals surface area contributed by atoms with Crippen molar-refractivity contribution in [2.75, 3.05) is 62.5 Å². The fourth-order valence-electron chi connectivity index (χ4n) is 4.23. The number of methoxy groups -OCH3 is 2. The quantitative estimate of drug-likeness (QED) is 0.324. The number of amides is 2. The van der Waals surface area contributed by atoms with Crippen LogP contribution in [-0.4, -0.2) is 68.6 Å². The van der Waals surface area contributed by atoms with Crippen molar-refractivity contribution < 1.29 is 24.0 Å². The van der Waals surface area contributed by atoms with Crippen LogP contribution >= 0.6 is 0 Å². The zero-order valence-corrected chi connectivity index (χ0v) is 21.2. The highest BCUT2D eigenvalue weighted by atomic mass is 16.6. The lowest BCUT2D eigenvalue weighted by molar-refractivity contribution is -0.384. The Bertz CT molecular complexity index is 1310. The molecule has 0 aliphatic carbocycles. The van der Waals surface area contributed by atoms with Gasteiger partial charge in [0.2, 0.25) is 5.91 Å². The molecule has 11 nitrogen and oxygen atoms in total. The van der Waals surface area contributed by atoms with E-state index in [-0.39, 0.29) is 29.4 Å². The van der Waals surface area contributed by atoms with Gasteiger partial charge in [-0.3, -0.25) is 24.6 Å². The molecule has 11 heteroatoms. The zero-order valence-electron chi connectivity index (χ0n) is 21.2. The van der Waals surface area contributed by atoms with Crippen LogP contribution in [0.4, 0.5) is 22.7 Å². The molecule has 1 aliphatic rings. The van der Waals surface area contributed by atoms with Gasteiger partial charge in [0.15, 0.2) is 0 Å². The number of carbonyl (C=O) groups excluding carboxylic acids is 2. The molecule has 1 saturated heterocycles. The summed E-state index contributed by atoms with van der Waals surface area (Å²) in [7, 11) is 2.96. The Balaban J connectivity index is 1.45. The van der Waals surface area contributed by atoms with Crippen molar-refractivity contribution in [1.29, 1.82) is 0 Å². The first kappa shape index (κ1) is 26.4. The number of para-hydroxylation sites is 1. The fraction of sp³-hybridized carbons (Fsp3) is 0.259. The Morgan fingerprint density at radius 1 is 0.895 bits per heavy atom. The van der Waals surface area contributed by atoms with Gasteiger partial charge in [-0.1, -0.05) is 18.2 Å². The molecule has 0 radical (unpaired) electrons. The third-order valence-corrected chi connectivity index (χ3v) is 6.25. The van der Waals surface area contributed by atoms with E-state index in [0.717, 1.165) is 24.8 Å². The highest BCUT2D eigenvalue weighted by Gasteiger charge is 2.22. The molecule has 2 amide bonds. The molecule has 2 N–H and O–H groups in total. The number of hydrogen-bond donors (Lipinski definition) is 2. The van der Waals surface area contributed by atoms with Gasteiger partial charge >= 0.3 is 0 Å². The van der Waals surface area contributed by atoms with Crippen LogP contribution < -0.4 is 25.0 Å². The molecule has 0 aromatic heterocycles. The van der Waals surface area contributed by atoms with Gasteiger partial charge in [0.05, 0.1) is 42.6 Å². The maximum Gasteiger partial charge on any atom is 0.270 e. The number of ether oxygens (including phenoxy) is 2. The second-order valence-corrected chi connectivity index (χ2v) is 8.65. The monoisotopic (exact) mass is 519 g/mol. The van der Waals surface area contributed by atoms with Crippen molar-refractivity contribution in [3.63, 3.8) is 0 Å². The highest BCUT2D eigenvalue weighted by molar-refractivity contribution is 6.11. The first-order chi connectivity index (χ1) is 18.4. The summed E-state index contributed by atoms with van der Waals surface area (Å²) in [6, 6.07) is 18.7. The van der Waals surface area contributed by atoms with Crippen molar-refractivity contribution in [3.8, 4) is 11.5 Å². The summed E-state index contributed by atoms with van der Waals surface area (Å²) in [6.45, 7) is 3.10. The van der Waals surface area contributed by atoms with E-state index < -0.39 is 10.8 Å². The number of carbonyl (C=O) groups is 2. The minimum Gasteiger partial charge on any atom is -0.497 e. The van der Waals surface area contributed by atoms with Crippen molar-refractivity contribution >= 4 is 34.6 Å². The van der Waals surface area contributed by atoms with Crippen LogP contribution in [0.25, 0.3) is 0 Å². The van der Waals surface area contributed by atoms with Crippen molar-refractivity contribution in [3.05, 3.63) is 82.4 Å². The van der Waals surface area contributed by atoms with Gasteiger partial charge in [-0.25, -0.2) is 0 Å². The Labute approximate surface area is 220 Å². The summed E-state index contributed by atoms with van der Waals surface area (Å²) in [5, 5.41) is 16.8. The van der Waals surface area contributed by atoms with E-state index >= 15 is 0 Å². The average molecular weight is 520 g/mol. The smallest absolute Gasteiger partial charge is 0.270 e. The van der Waals surface area contributed by atoms with Gasteiger partial charge in [-0.05, 0) is 30.3 Å². The number of anilines is 3.